The predicted molar refractivity (Wildman–Crippen MR) is 124 cm³/mol. The molecule has 0 saturated carbocycles. The third kappa shape index (κ3) is 4.93. The van der Waals surface area contributed by atoms with E-state index in [1.807, 2.05) is 66.7 Å². The molecule has 1 heterocycles. The van der Waals surface area contributed by atoms with E-state index in [2.05, 4.69) is 4.90 Å². The number of rotatable bonds is 6. The van der Waals surface area contributed by atoms with Crippen LogP contribution in [0.3, 0.4) is 0 Å². The van der Waals surface area contributed by atoms with Gasteiger partial charge in [-0.15, -0.1) is 0 Å². The molecular formula is C25H24N2O3S. The second-order valence-corrected chi connectivity index (χ2v) is 9.30. The van der Waals surface area contributed by atoms with Crippen molar-refractivity contribution in [3.63, 3.8) is 0 Å². The summed E-state index contributed by atoms with van der Waals surface area (Å²) in [4.78, 5) is 14.9. The highest BCUT2D eigenvalue weighted by atomic mass is 32.2. The molecule has 0 radical (unpaired) electrons. The lowest BCUT2D eigenvalue weighted by molar-refractivity contribution is 0.104. The molecule has 3 aromatic carbocycles. The van der Waals surface area contributed by atoms with Gasteiger partial charge >= 0.3 is 0 Å². The number of hydrogen-bond donors (Lipinski definition) is 0. The molecule has 4 rings (SSSR count). The van der Waals surface area contributed by atoms with Crippen LogP contribution in [0, 0.1) is 0 Å². The van der Waals surface area contributed by atoms with Gasteiger partial charge in [0.25, 0.3) is 0 Å². The molecule has 0 bridgehead atoms. The average Bonchev–Trinajstić information content (AvgIpc) is 2.84. The van der Waals surface area contributed by atoms with Crippen LogP contribution in [0.5, 0.6) is 0 Å². The molecule has 0 aliphatic carbocycles. The van der Waals surface area contributed by atoms with Crippen molar-refractivity contribution in [2.75, 3.05) is 31.1 Å². The van der Waals surface area contributed by atoms with Crippen LogP contribution in [-0.4, -0.2) is 44.7 Å². The van der Waals surface area contributed by atoms with Crippen molar-refractivity contribution in [3.05, 3.63) is 102 Å². The molecule has 158 valence electrons. The molecule has 1 aliphatic heterocycles. The van der Waals surface area contributed by atoms with Gasteiger partial charge in [0.1, 0.15) is 0 Å². The summed E-state index contributed by atoms with van der Waals surface area (Å²) in [7, 11) is -3.46. The van der Waals surface area contributed by atoms with Crippen molar-refractivity contribution in [1.29, 1.82) is 0 Å². The van der Waals surface area contributed by atoms with Gasteiger partial charge in [-0.2, -0.15) is 4.31 Å². The van der Waals surface area contributed by atoms with Crippen LogP contribution in [0.15, 0.2) is 95.9 Å². The second kappa shape index (κ2) is 9.29. The number of anilines is 1. The largest absolute Gasteiger partial charge is 0.369 e. The summed E-state index contributed by atoms with van der Waals surface area (Å²) in [6, 6.07) is 25.7. The minimum atomic E-state index is -3.46. The van der Waals surface area contributed by atoms with E-state index in [4.69, 9.17) is 0 Å². The lowest BCUT2D eigenvalue weighted by Crippen LogP contribution is -2.48. The van der Waals surface area contributed by atoms with Crippen molar-refractivity contribution in [2.45, 2.75) is 4.90 Å². The van der Waals surface area contributed by atoms with E-state index in [9.17, 15) is 13.2 Å². The van der Waals surface area contributed by atoms with Gasteiger partial charge in [-0.25, -0.2) is 8.42 Å². The Hall–Kier alpha value is -3.22. The Kier molecular flexibility index (Phi) is 6.30. The number of carbonyl (C=O) groups excluding carboxylic acids is 1. The monoisotopic (exact) mass is 432 g/mol. The van der Waals surface area contributed by atoms with E-state index in [1.165, 1.54) is 4.31 Å². The van der Waals surface area contributed by atoms with Gasteiger partial charge in [0.2, 0.25) is 10.0 Å². The fraction of sp³-hybridized carbons (Fsp3) is 0.160. The van der Waals surface area contributed by atoms with E-state index in [1.54, 1.807) is 30.3 Å². The van der Waals surface area contributed by atoms with Gasteiger partial charge in [-0.1, -0.05) is 54.6 Å². The van der Waals surface area contributed by atoms with Crippen molar-refractivity contribution < 1.29 is 13.2 Å². The number of hydrogen-bond acceptors (Lipinski definition) is 4. The molecular weight excluding hydrogens is 408 g/mol. The van der Waals surface area contributed by atoms with Crippen LogP contribution >= 0.6 is 0 Å². The topological polar surface area (TPSA) is 57.7 Å². The maximum absolute atomic E-state index is 12.8. The molecule has 0 amide bonds. The molecule has 1 fully saturated rings. The van der Waals surface area contributed by atoms with E-state index in [-0.39, 0.29) is 5.78 Å². The number of carbonyl (C=O) groups is 1. The molecule has 1 aliphatic rings. The molecule has 0 aromatic heterocycles. The van der Waals surface area contributed by atoms with Gasteiger partial charge in [-0.05, 0) is 48.0 Å². The SMILES string of the molecule is O=C(/C=C/c1ccccc1)c1ccc(N2CCN(S(=O)(=O)c3ccccc3)CC2)cc1. The predicted octanol–water partition coefficient (Wildman–Crippen LogP) is 4.09. The fourth-order valence-corrected chi connectivity index (χ4v) is 5.04. The number of nitrogens with zero attached hydrogens (tertiary/aromatic N) is 2. The maximum atomic E-state index is 12.8. The van der Waals surface area contributed by atoms with Crippen molar-refractivity contribution >= 4 is 27.6 Å². The minimum absolute atomic E-state index is 0.0471. The van der Waals surface area contributed by atoms with Crippen LogP contribution < -0.4 is 4.90 Å². The Morgan fingerprint density at radius 3 is 1.94 bits per heavy atom. The van der Waals surface area contributed by atoms with Gasteiger partial charge < -0.3 is 4.90 Å². The quantitative estimate of drug-likeness (QED) is 0.435. The average molecular weight is 433 g/mol. The third-order valence-corrected chi connectivity index (χ3v) is 7.28. The zero-order valence-corrected chi connectivity index (χ0v) is 17.9. The summed E-state index contributed by atoms with van der Waals surface area (Å²) >= 11 is 0. The number of sulfonamides is 1. The summed E-state index contributed by atoms with van der Waals surface area (Å²) in [5.41, 5.74) is 2.59. The number of ketones is 1. The molecule has 0 unspecified atom stereocenters. The Labute approximate surface area is 183 Å². The normalized spacial score (nSPS) is 15.3. The Bertz CT molecular complexity index is 1150. The summed E-state index contributed by atoms with van der Waals surface area (Å²) in [6.07, 6.45) is 3.39. The van der Waals surface area contributed by atoms with E-state index in [0.29, 0.717) is 36.6 Å². The van der Waals surface area contributed by atoms with Crippen molar-refractivity contribution in [3.8, 4) is 0 Å². The van der Waals surface area contributed by atoms with Crippen molar-refractivity contribution in [1.82, 2.24) is 4.31 Å². The first-order chi connectivity index (χ1) is 15.0. The standard InChI is InChI=1S/C25H24N2O3S/c28-25(16-11-21-7-3-1-4-8-21)22-12-14-23(15-13-22)26-17-19-27(20-18-26)31(29,30)24-9-5-2-6-10-24/h1-16H,17-20H2/b16-11+. The smallest absolute Gasteiger partial charge is 0.243 e. The van der Waals surface area contributed by atoms with Crippen LogP contribution in [0.25, 0.3) is 6.08 Å². The Morgan fingerprint density at radius 2 is 1.32 bits per heavy atom. The molecule has 31 heavy (non-hydrogen) atoms. The highest BCUT2D eigenvalue weighted by Crippen LogP contribution is 2.22. The van der Waals surface area contributed by atoms with Gasteiger partial charge in [-0.3, -0.25) is 4.79 Å². The van der Waals surface area contributed by atoms with Gasteiger partial charge in [0.15, 0.2) is 5.78 Å². The summed E-state index contributed by atoms with van der Waals surface area (Å²) in [6.45, 7) is 2.07. The fourth-order valence-electron chi connectivity index (χ4n) is 3.60. The summed E-state index contributed by atoms with van der Waals surface area (Å²) in [5.74, 6) is -0.0471. The van der Waals surface area contributed by atoms with Crippen LogP contribution in [0.2, 0.25) is 0 Å². The van der Waals surface area contributed by atoms with Crippen molar-refractivity contribution in [2.24, 2.45) is 0 Å². The van der Waals surface area contributed by atoms with E-state index < -0.39 is 10.0 Å². The summed E-state index contributed by atoms with van der Waals surface area (Å²) in [5, 5.41) is 0. The Balaban J connectivity index is 1.37. The molecule has 1 saturated heterocycles. The first-order valence-electron chi connectivity index (χ1n) is 10.2. The number of allylic oxidation sites excluding steroid dienone is 1. The van der Waals surface area contributed by atoms with Crippen LogP contribution in [0.1, 0.15) is 15.9 Å². The molecule has 0 atom stereocenters. The second-order valence-electron chi connectivity index (χ2n) is 7.36. The third-order valence-electron chi connectivity index (χ3n) is 5.36. The molecule has 6 heteroatoms. The maximum Gasteiger partial charge on any atom is 0.243 e. The highest BCUT2D eigenvalue weighted by molar-refractivity contribution is 7.89. The van der Waals surface area contributed by atoms with Gasteiger partial charge in [0.05, 0.1) is 4.90 Å². The molecule has 5 nitrogen and oxygen atoms in total. The lowest BCUT2D eigenvalue weighted by Gasteiger charge is -2.35. The minimum Gasteiger partial charge on any atom is -0.369 e. The molecule has 0 spiro atoms. The van der Waals surface area contributed by atoms with Crippen LogP contribution in [0.4, 0.5) is 5.69 Å². The molecule has 0 N–H and O–H groups in total. The Morgan fingerprint density at radius 1 is 0.742 bits per heavy atom. The first-order valence-corrected chi connectivity index (χ1v) is 11.7. The number of benzene rings is 3. The zero-order valence-electron chi connectivity index (χ0n) is 17.1. The summed E-state index contributed by atoms with van der Waals surface area (Å²) < 4.78 is 27.1. The van der Waals surface area contributed by atoms with Gasteiger partial charge in [0, 0.05) is 37.4 Å². The first kappa shape index (κ1) is 21.0. The zero-order chi connectivity index (χ0) is 21.7. The lowest BCUT2D eigenvalue weighted by atomic mass is 10.1. The number of piperazine rings is 1. The highest BCUT2D eigenvalue weighted by Gasteiger charge is 2.28. The van der Waals surface area contributed by atoms with E-state index in [0.717, 1.165) is 11.3 Å². The van der Waals surface area contributed by atoms with E-state index >= 15 is 0 Å². The molecule has 3 aromatic rings. The van der Waals surface area contributed by atoms with Crippen LogP contribution in [-0.2, 0) is 10.0 Å².